The van der Waals surface area contributed by atoms with Crippen LogP contribution >= 0.6 is 0 Å². The summed E-state index contributed by atoms with van der Waals surface area (Å²) < 4.78 is 38.9. The zero-order valence-electron chi connectivity index (χ0n) is 12.6. The Kier molecular flexibility index (Phi) is 3.77. The number of ether oxygens (including phenoxy) is 2. The smallest absolute Gasteiger partial charge is 0.189 e. The topological polar surface area (TPSA) is 35.5 Å². The molecule has 22 heavy (non-hydrogen) atoms. The van der Waals surface area contributed by atoms with Crippen molar-refractivity contribution in [2.75, 3.05) is 6.79 Å². The van der Waals surface area contributed by atoms with Crippen LogP contribution in [0.2, 0.25) is 0 Å². The Morgan fingerprint density at radius 1 is 1.32 bits per heavy atom. The minimum Gasteiger partial charge on any atom is -0.469 e. The lowest BCUT2D eigenvalue weighted by Crippen LogP contribution is -2.41. The standard InChI is InChI=1S/C17H18F2O3/c1-10-5-15(19)12(7-14(10)18)6-11(2)17-4-3-13(20)8-16(17)21-9-22-17/h5,7-8,11H,3-4,6,9H2,1-2H3/t11-,17+/m0/s1. The van der Waals surface area contributed by atoms with Crippen molar-refractivity contribution in [3.05, 3.63) is 46.7 Å². The Balaban J connectivity index is 1.88. The van der Waals surface area contributed by atoms with Crippen LogP contribution in [-0.4, -0.2) is 18.2 Å². The largest absolute Gasteiger partial charge is 0.469 e. The maximum Gasteiger partial charge on any atom is 0.189 e. The minimum absolute atomic E-state index is 0.0101. The lowest BCUT2D eigenvalue weighted by molar-refractivity contribution is -0.117. The number of allylic oxidation sites excluding steroid dienone is 1. The van der Waals surface area contributed by atoms with E-state index in [-0.39, 0.29) is 24.1 Å². The second kappa shape index (κ2) is 5.47. The highest BCUT2D eigenvalue weighted by atomic mass is 19.1. The second-order valence-electron chi connectivity index (χ2n) is 6.07. The Hall–Kier alpha value is -1.75. The van der Waals surface area contributed by atoms with Crippen molar-refractivity contribution in [3.8, 4) is 0 Å². The molecule has 1 heterocycles. The van der Waals surface area contributed by atoms with Crippen LogP contribution in [0.3, 0.4) is 0 Å². The summed E-state index contributed by atoms with van der Waals surface area (Å²) in [5.41, 5.74) is -0.102. The van der Waals surface area contributed by atoms with Crippen LogP contribution in [0.15, 0.2) is 24.0 Å². The molecule has 2 atom stereocenters. The van der Waals surface area contributed by atoms with Gasteiger partial charge in [0.15, 0.2) is 12.6 Å². The van der Waals surface area contributed by atoms with Gasteiger partial charge in [-0.2, -0.15) is 0 Å². The van der Waals surface area contributed by atoms with Crippen molar-refractivity contribution in [3.63, 3.8) is 0 Å². The minimum atomic E-state index is -0.707. The average molecular weight is 308 g/mol. The van der Waals surface area contributed by atoms with E-state index in [1.54, 1.807) is 0 Å². The maximum atomic E-state index is 14.1. The average Bonchev–Trinajstić information content (AvgIpc) is 2.88. The highest BCUT2D eigenvalue weighted by Gasteiger charge is 2.49. The highest BCUT2D eigenvalue weighted by Crippen LogP contribution is 2.44. The van der Waals surface area contributed by atoms with Crippen molar-refractivity contribution >= 4 is 5.78 Å². The van der Waals surface area contributed by atoms with Crippen molar-refractivity contribution in [1.82, 2.24) is 0 Å². The van der Waals surface area contributed by atoms with E-state index in [0.717, 1.165) is 0 Å². The summed E-state index contributed by atoms with van der Waals surface area (Å²) in [5, 5.41) is 0. The molecule has 1 fully saturated rings. The predicted molar refractivity (Wildman–Crippen MR) is 76.1 cm³/mol. The highest BCUT2D eigenvalue weighted by molar-refractivity contribution is 5.91. The summed E-state index contributed by atoms with van der Waals surface area (Å²) in [5.74, 6) is -0.441. The van der Waals surface area contributed by atoms with Crippen LogP contribution in [0.1, 0.15) is 30.9 Å². The molecule has 0 amide bonds. The molecule has 0 bridgehead atoms. The molecule has 0 radical (unpaired) electrons. The maximum absolute atomic E-state index is 14.1. The van der Waals surface area contributed by atoms with Crippen molar-refractivity contribution in [2.45, 2.75) is 38.7 Å². The molecule has 1 aliphatic carbocycles. The van der Waals surface area contributed by atoms with Gasteiger partial charge < -0.3 is 9.47 Å². The van der Waals surface area contributed by atoms with Gasteiger partial charge in [-0.05, 0) is 48.9 Å². The van der Waals surface area contributed by atoms with Crippen LogP contribution < -0.4 is 0 Å². The van der Waals surface area contributed by atoms with E-state index >= 15 is 0 Å². The lowest BCUT2D eigenvalue weighted by Gasteiger charge is -2.35. The van der Waals surface area contributed by atoms with Gasteiger partial charge in [0.2, 0.25) is 0 Å². The predicted octanol–water partition coefficient (Wildman–Crippen LogP) is 3.44. The third kappa shape index (κ3) is 2.43. The van der Waals surface area contributed by atoms with E-state index in [1.807, 2.05) is 6.92 Å². The molecule has 5 heteroatoms. The van der Waals surface area contributed by atoms with E-state index in [1.165, 1.54) is 25.1 Å². The van der Waals surface area contributed by atoms with E-state index in [4.69, 9.17) is 9.47 Å². The second-order valence-corrected chi connectivity index (χ2v) is 6.07. The molecule has 1 aliphatic heterocycles. The number of benzene rings is 1. The molecule has 0 spiro atoms. The van der Waals surface area contributed by atoms with Gasteiger partial charge in [-0.3, -0.25) is 4.79 Å². The molecule has 0 unspecified atom stereocenters. The van der Waals surface area contributed by atoms with E-state index < -0.39 is 17.2 Å². The molecule has 1 aromatic rings. The zero-order valence-corrected chi connectivity index (χ0v) is 12.6. The zero-order chi connectivity index (χ0) is 15.9. The third-order valence-electron chi connectivity index (χ3n) is 4.63. The van der Waals surface area contributed by atoms with E-state index in [0.29, 0.717) is 30.6 Å². The summed E-state index contributed by atoms with van der Waals surface area (Å²) >= 11 is 0. The summed E-state index contributed by atoms with van der Waals surface area (Å²) in [7, 11) is 0. The first kappa shape index (κ1) is 15.2. The summed E-state index contributed by atoms with van der Waals surface area (Å²) in [4.78, 5) is 11.5. The molecule has 1 saturated heterocycles. The van der Waals surface area contributed by atoms with Crippen LogP contribution in [-0.2, 0) is 20.7 Å². The molecule has 1 aromatic carbocycles. The van der Waals surface area contributed by atoms with Crippen molar-refractivity contribution in [1.29, 1.82) is 0 Å². The number of halogens is 2. The number of rotatable bonds is 3. The summed E-state index contributed by atoms with van der Waals surface area (Å²) in [6.45, 7) is 3.54. The van der Waals surface area contributed by atoms with Gasteiger partial charge in [0.25, 0.3) is 0 Å². The fraction of sp³-hybridized carbons (Fsp3) is 0.471. The Morgan fingerprint density at radius 2 is 2.09 bits per heavy atom. The molecular formula is C17H18F2O3. The van der Waals surface area contributed by atoms with Gasteiger partial charge in [-0.1, -0.05) is 6.92 Å². The molecule has 0 N–H and O–H groups in total. The number of carbonyl (C=O) groups is 1. The Bertz CT molecular complexity index is 654. The molecule has 2 aliphatic rings. The number of fused-ring (bicyclic) bond motifs is 1. The van der Waals surface area contributed by atoms with Gasteiger partial charge in [0, 0.05) is 12.5 Å². The number of hydrogen-bond acceptors (Lipinski definition) is 3. The molecule has 0 aromatic heterocycles. The Labute approximate surface area is 127 Å². The van der Waals surface area contributed by atoms with E-state index in [9.17, 15) is 13.6 Å². The van der Waals surface area contributed by atoms with Crippen LogP contribution in [0.4, 0.5) is 8.78 Å². The third-order valence-corrected chi connectivity index (χ3v) is 4.63. The van der Waals surface area contributed by atoms with Crippen LogP contribution in [0.25, 0.3) is 0 Å². The van der Waals surface area contributed by atoms with Crippen molar-refractivity contribution < 1.29 is 23.0 Å². The summed E-state index contributed by atoms with van der Waals surface area (Å²) in [6.07, 6.45) is 2.67. The number of aryl methyl sites for hydroxylation is 1. The fourth-order valence-electron chi connectivity index (χ4n) is 3.25. The fourth-order valence-corrected chi connectivity index (χ4v) is 3.25. The number of hydrogen-bond donors (Lipinski definition) is 0. The van der Waals surface area contributed by atoms with Gasteiger partial charge >= 0.3 is 0 Å². The monoisotopic (exact) mass is 308 g/mol. The van der Waals surface area contributed by atoms with Gasteiger partial charge in [-0.15, -0.1) is 0 Å². The molecule has 118 valence electrons. The molecule has 3 rings (SSSR count). The number of carbonyl (C=O) groups excluding carboxylic acids is 1. The normalized spacial score (nSPS) is 25.5. The summed E-state index contributed by atoms with van der Waals surface area (Å²) in [6, 6.07) is 2.45. The van der Waals surface area contributed by atoms with Gasteiger partial charge in [0.05, 0.1) is 0 Å². The first-order chi connectivity index (χ1) is 10.4. The van der Waals surface area contributed by atoms with Gasteiger partial charge in [0.1, 0.15) is 23.0 Å². The Morgan fingerprint density at radius 3 is 2.86 bits per heavy atom. The first-order valence-electron chi connectivity index (χ1n) is 7.38. The van der Waals surface area contributed by atoms with Gasteiger partial charge in [-0.25, -0.2) is 8.78 Å². The van der Waals surface area contributed by atoms with Crippen LogP contribution in [0.5, 0.6) is 0 Å². The SMILES string of the molecule is Cc1cc(F)c(C[C@H](C)[C@]23CCC(=O)C=C2OCO3)cc1F. The molecule has 3 nitrogen and oxygen atoms in total. The van der Waals surface area contributed by atoms with Crippen molar-refractivity contribution in [2.24, 2.45) is 5.92 Å². The van der Waals surface area contributed by atoms with Crippen LogP contribution in [0, 0.1) is 24.5 Å². The molecule has 0 saturated carbocycles. The first-order valence-corrected chi connectivity index (χ1v) is 7.38. The molecular weight excluding hydrogens is 290 g/mol. The number of ketones is 1. The van der Waals surface area contributed by atoms with E-state index in [2.05, 4.69) is 0 Å². The quantitative estimate of drug-likeness (QED) is 0.858. The lowest BCUT2D eigenvalue weighted by atomic mass is 9.76.